The third kappa shape index (κ3) is 2.10. The van der Waals surface area contributed by atoms with Crippen LogP contribution < -0.4 is 0 Å². The maximum absolute atomic E-state index is 8.81. The Morgan fingerprint density at radius 1 is 1.20 bits per heavy atom. The van der Waals surface area contributed by atoms with Crippen LogP contribution in [0.3, 0.4) is 0 Å². The first-order chi connectivity index (χ1) is 7.15. The topological polar surface area (TPSA) is 30.3 Å². The van der Waals surface area contributed by atoms with E-state index in [1.807, 2.05) is 4.90 Å². The summed E-state index contributed by atoms with van der Waals surface area (Å²) in [6.07, 6.45) is 6.23. The minimum atomic E-state index is 0.441. The fourth-order valence-corrected chi connectivity index (χ4v) is 2.94. The molecule has 0 atom stereocenters. The minimum absolute atomic E-state index is 0.441. The predicted molar refractivity (Wildman–Crippen MR) is 60.2 cm³/mol. The molecule has 0 saturated carbocycles. The second-order valence-electron chi connectivity index (χ2n) is 5.48. The fraction of sp³-hybridized carbons (Fsp3) is 0.917. The summed E-state index contributed by atoms with van der Waals surface area (Å²) in [6.45, 7) is 8.98. The van der Waals surface area contributed by atoms with Crippen molar-refractivity contribution in [1.29, 1.82) is 5.26 Å². The lowest BCUT2D eigenvalue weighted by atomic mass is 9.76. The first-order valence-corrected chi connectivity index (χ1v) is 6.04. The Morgan fingerprint density at radius 3 is 2.53 bits per heavy atom. The standard InChI is InChI=1S/C12H21N3/c1-11(2)15-6-4-3-5-12(9-15)7-14(8-12)10-13/h11H,3-9H2,1-2H3. The molecule has 0 aromatic heterocycles. The molecule has 0 bridgehead atoms. The van der Waals surface area contributed by atoms with Gasteiger partial charge in [0.2, 0.25) is 0 Å². The lowest BCUT2D eigenvalue weighted by molar-refractivity contribution is 0.00611. The van der Waals surface area contributed by atoms with Gasteiger partial charge in [-0.25, -0.2) is 0 Å². The van der Waals surface area contributed by atoms with Gasteiger partial charge >= 0.3 is 0 Å². The molecule has 0 radical (unpaired) electrons. The van der Waals surface area contributed by atoms with Crippen LogP contribution in [-0.2, 0) is 0 Å². The van der Waals surface area contributed by atoms with E-state index < -0.39 is 0 Å². The van der Waals surface area contributed by atoms with E-state index in [1.165, 1.54) is 32.4 Å². The second-order valence-corrected chi connectivity index (χ2v) is 5.48. The van der Waals surface area contributed by atoms with Crippen molar-refractivity contribution >= 4 is 0 Å². The number of nitrogens with zero attached hydrogens (tertiary/aromatic N) is 3. The van der Waals surface area contributed by atoms with Crippen LogP contribution in [0.25, 0.3) is 0 Å². The van der Waals surface area contributed by atoms with Gasteiger partial charge in [0.1, 0.15) is 0 Å². The van der Waals surface area contributed by atoms with Crippen molar-refractivity contribution in [1.82, 2.24) is 9.80 Å². The van der Waals surface area contributed by atoms with Crippen molar-refractivity contribution < 1.29 is 0 Å². The van der Waals surface area contributed by atoms with E-state index in [0.29, 0.717) is 11.5 Å². The van der Waals surface area contributed by atoms with Gasteiger partial charge in [-0.3, -0.25) is 0 Å². The molecule has 0 aliphatic carbocycles. The molecule has 0 aromatic rings. The van der Waals surface area contributed by atoms with Crippen LogP contribution in [0.2, 0.25) is 0 Å². The maximum Gasteiger partial charge on any atom is 0.179 e. The van der Waals surface area contributed by atoms with Gasteiger partial charge in [0, 0.05) is 31.1 Å². The molecular formula is C12H21N3. The van der Waals surface area contributed by atoms with E-state index in [1.54, 1.807) is 0 Å². The molecular weight excluding hydrogens is 186 g/mol. The van der Waals surface area contributed by atoms with Crippen LogP contribution in [0, 0.1) is 16.9 Å². The van der Waals surface area contributed by atoms with E-state index in [0.717, 1.165) is 13.1 Å². The number of likely N-dealkylation sites (tertiary alicyclic amines) is 2. The quantitative estimate of drug-likeness (QED) is 0.613. The average molecular weight is 207 g/mol. The average Bonchev–Trinajstić information content (AvgIpc) is 2.37. The van der Waals surface area contributed by atoms with Gasteiger partial charge in [0.15, 0.2) is 6.19 Å². The molecule has 0 amide bonds. The number of nitriles is 1. The highest BCUT2D eigenvalue weighted by Crippen LogP contribution is 2.38. The van der Waals surface area contributed by atoms with Crippen LogP contribution in [-0.4, -0.2) is 42.0 Å². The van der Waals surface area contributed by atoms with Crippen LogP contribution in [0.4, 0.5) is 0 Å². The molecule has 0 N–H and O–H groups in total. The first kappa shape index (κ1) is 10.8. The summed E-state index contributed by atoms with van der Waals surface area (Å²) in [4.78, 5) is 4.48. The van der Waals surface area contributed by atoms with Crippen molar-refractivity contribution in [2.75, 3.05) is 26.2 Å². The van der Waals surface area contributed by atoms with Gasteiger partial charge in [0.05, 0.1) is 0 Å². The van der Waals surface area contributed by atoms with Gasteiger partial charge in [0.25, 0.3) is 0 Å². The lowest BCUT2D eigenvalue weighted by Gasteiger charge is -2.49. The van der Waals surface area contributed by atoms with E-state index >= 15 is 0 Å². The third-order valence-electron chi connectivity index (χ3n) is 3.87. The van der Waals surface area contributed by atoms with E-state index in [-0.39, 0.29) is 0 Å². The Morgan fingerprint density at radius 2 is 1.93 bits per heavy atom. The second kappa shape index (κ2) is 4.02. The summed E-state index contributed by atoms with van der Waals surface area (Å²) in [6, 6.07) is 0.649. The Balaban J connectivity index is 1.98. The summed E-state index contributed by atoms with van der Waals surface area (Å²) in [5.74, 6) is 0. The minimum Gasteiger partial charge on any atom is -0.309 e. The molecule has 0 aromatic carbocycles. The van der Waals surface area contributed by atoms with E-state index in [2.05, 4.69) is 24.9 Å². The van der Waals surface area contributed by atoms with E-state index in [4.69, 9.17) is 5.26 Å². The van der Waals surface area contributed by atoms with Crippen LogP contribution >= 0.6 is 0 Å². The highest BCUT2D eigenvalue weighted by atomic mass is 15.2. The smallest absolute Gasteiger partial charge is 0.179 e. The van der Waals surface area contributed by atoms with Crippen molar-refractivity contribution in [2.45, 2.75) is 39.2 Å². The molecule has 2 aliphatic heterocycles. The molecule has 3 heteroatoms. The summed E-state index contributed by atoms with van der Waals surface area (Å²) < 4.78 is 0. The van der Waals surface area contributed by atoms with Gasteiger partial charge in [-0.2, -0.15) is 5.26 Å². The summed E-state index contributed by atoms with van der Waals surface area (Å²) >= 11 is 0. The Bertz CT molecular complexity index is 261. The van der Waals surface area contributed by atoms with Crippen LogP contribution in [0.15, 0.2) is 0 Å². The molecule has 2 saturated heterocycles. The highest BCUT2D eigenvalue weighted by Gasteiger charge is 2.44. The Labute approximate surface area is 92.7 Å². The van der Waals surface area contributed by atoms with Crippen molar-refractivity contribution in [3.63, 3.8) is 0 Å². The lowest BCUT2D eigenvalue weighted by Crippen LogP contribution is -2.59. The molecule has 2 aliphatic rings. The van der Waals surface area contributed by atoms with Gasteiger partial charge < -0.3 is 9.80 Å². The monoisotopic (exact) mass is 207 g/mol. The SMILES string of the molecule is CC(C)N1CCCCC2(CN(C#N)C2)C1. The normalized spacial score (nSPS) is 26.1. The van der Waals surface area contributed by atoms with E-state index in [9.17, 15) is 0 Å². The van der Waals surface area contributed by atoms with Crippen LogP contribution in [0.1, 0.15) is 33.1 Å². The van der Waals surface area contributed by atoms with Gasteiger partial charge in [-0.05, 0) is 33.2 Å². The number of hydrogen-bond donors (Lipinski definition) is 0. The van der Waals surface area contributed by atoms with Crippen LogP contribution in [0.5, 0.6) is 0 Å². The zero-order valence-electron chi connectivity index (χ0n) is 9.87. The zero-order chi connectivity index (χ0) is 10.9. The number of hydrogen-bond acceptors (Lipinski definition) is 3. The molecule has 84 valence electrons. The third-order valence-corrected chi connectivity index (χ3v) is 3.87. The maximum atomic E-state index is 8.81. The van der Waals surface area contributed by atoms with Gasteiger partial charge in [-0.1, -0.05) is 6.42 Å². The molecule has 3 nitrogen and oxygen atoms in total. The summed E-state index contributed by atoms with van der Waals surface area (Å²) in [5.41, 5.74) is 0.441. The Kier molecular flexibility index (Phi) is 2.88. The largest absolute Gasteiger partial charge is 0.309 e. The molecule has 2 rings (SSSR count). The summed E-state index contributed by atoms with van der Waals surface area (Å²) in [5, 5.41) is 8.81. The molecule has 1 spiro atoms. The highest BCUT2D eigenvalue weighted by molar-refractivity contribution is 5.02. The molecule has 2 fully saturated rings. The van der Waals surface area contributed by atoms with Crippen molar-refractivity contribution in [3.8, 4) is 6.19 Å². The zero-order valence-corrected chi connectivity index (χ0v) is 9.87. The van der Waals surface area contributed by atoms with Crippen molar-refractivity contribution in [3.05, 3.63) is 0 Å². The number of rotatable bonds is 1. The first-order valence-electron chi connectivity index (χ1n) is 6.04. The predicted octanol–water partition coefficient (Wildman–Crippen LogP) is 1.66. The van der Waals surface area contributed by atoms with Gasteiger partial charge in [-0.15, -0.1) is 0 Å². The molecule has 15 heavy (non-hydrogen) atoms. The fourth-order valence-electron chi connectivity index (χ4n) is 2.94. The molecule has 2 heterocycles. The van der Waals surface area contributed by atoms with Crippen molar-refractivity contribution in [2.24, 2.45) is 5.41 Å². The Hall–Kier alpha value is -0.750. The molecule has 0 unspecified atom stereocenters. The summed E-state index contributed by atoms with van der Waals surface area (Å²) in [7, 11) is 0.